The molecule has 3 aromatic rings. The normalized spacial score (nSPS) is 22.8. The van der Waals surface area contributed by atoms with Crippen molar-refractivity contribution in [3.05, 3.63) is 77.1 Å². The number of likely N-dealkylation sites (N-methyl/N-ethyl adjacent to an activating group) is 7. The Bertz CT molecular complexity index is 4040. The highest BCUT2D eigenvalue weighted by Crippen LogP contribution is 2.37. The lowest BCUT2D eigenvalue weighted by atomic mass is 9.90. The number of pyridine rings is 1. The molecule has 1 saturated heterocycles. The molecule has 682 valence electrons. The number of Topliss-reactive ketones (excluding diaryl/α,β-unsaturated/α-hetero) is 1. The van der Waals surface area contributed by atoms with E-state index in [0.717, 1.165) is 15.9 Å². The molecule has 1 unspecified atom stereocenters. The summed E-state index contributed by atoms with van der Waals surface area (Å²) in [5.41, 5.74) is -0.848. The Balaban J connectivity index is 1.62. The van der Waals surface area contributed by atoms with E-state index in [4.69, 9.17) is 16.3 Å². The summed E-state index contributed by atoms with van der Waals surface area (Å²) >= 11 is 5.69. The number of ether oxygens (including phenoxy) is 1. The quantitative estimate of drug-likeness (QED) is 0.0245. The Morgan fingerprint density at radius 2 is 1.11 bits per heavy atom. The largest absolute Gasteiger partial charge is 0.457 e. The molecule has 4 rings (SSSR count). The SMILES string of the molecule is CC[C@@H]1NC(=O)[C@H]([C@H](O)[C@H](C)CCCC(=O)NCCNCCC(=O)c2cc(Oc3ccc(NC(=O)Nc4ccc(Cl)c(C(F)(F)F)c4)cc3)ccn2)N(C)C(=O)[C@H](C(C)C)N(C)C(=O)[C@H](CC(C)C)N(C)C(=O)[C@H](CC(C)C)N(C)C(=O)[C@@H](C)NC(=O)[C@H](C)NC(=O)[C@H](CC(C)C)N(C)C(=O)[C@H](C(C)C)NC(O)[C@H](CC(C)C)N(C)C(=O)CN(C)C1=O. The third-order valence-corrected chi connectivity index (χ3v) is 21.9. The Morgan fingerprint density at radius 1 is 0.574 bits per heavy atom. The zero-order valence-corrected chi connectivity index (χ0v) is 75.9. The number of nitrogens with zero attached hydrogens (tertiary/aromatic N) is 8. The molecule has 10 N–H and O–H groups in total. The van der Waals surface area contributed by atoms with Crippen LogP contribution in [0.3, 0.4) is 0 Å². The zero-order valence-electron chi connectivity index (χ0n) is 75.1. The van der Waals surface area contributed by atoms with Crippen molar-refractivity contribution in [2.24, 2.45) is 41.4 Å². The number of carbonyl (C=O) groups is 13. The Labute approximate surface area is 721 Å². The first kappa shape index (κ1) is 105. The summed E-state index contributed by atoms with van der Waals surface area (Å²) in [6.45, 7) is 27.8. The van der Waals surface area contributed by atoms with Crippen LogP contribution in [-0.4, -0.2) is 275 Å². The van der Waals surface area contributed by atoms with E-state index in [9.17, 15) is 66.5 Å². The topological polar surface area (TPSA) is 403 Å². The van der Waals surface area contributed by atoms with Crippen molar-refractivity contribution in [3.8, 4) is 11.5 Å². The van der Waals surface area contributed by atoms with Gasteiger partial charge in [0.1, 0.15) is 71.8 Å². The fourth-order valence-corrected chi connectivity index (χ4v) is 14.7. The number of amides is 13. The molecule has 1 aliphatic heterocycles. The van der Waals surface area contributed by atoms with Gasteiger partial charge in [0.25, 0.3) is 0 Å². The lowest BCUT2D eigenvalue weighted by Gasteiger charge is -2.41. The monoisotopic (exact) mass is 1740 g/mol. The van der Waals surface area contributed by atoms with E-state index in [2.05, 4.69) is 47.5 Å². The number of alkyl halides is 3. The molecule has 1 aliphatic rings. The van der Waals surface area contributed by atoms with Crippen LogP contribution in [0, 0.1) is 41.4 Å². The maximum atomic E-state index is 15.5. The minimum Gasteiger partial charge on any atom is -0.457 e. The van der Waals surface area contributed by atoms with E-state index < -0.39 is 179 Å². The number of aliphatic hydroxyl groups excluding tert-OH is 2. The number of nitrogens with one attached hydrogen (secondary N) is 8. The summed E-state index contributed by atoms with van der Waals surface area (Å²) in [5, 5.41) is 46.2. The number of aromatic nitrogens is 1. The number of rotatable bonds is 28. The molecule has 0 spiro atoms. The van der Waals surface area contributed by atoms with E-state index in [-0.39, 0.29) is 136 Å². The van der Waals surface area contributed by atoms with E-state index in [0.29, 0.717) is 11.8 Å². The van der Waals surface area contributed by atoms with Crippen LogP contribution in [0.25, 0.3) is 0 Å². The molecule has 1 fully saturated rings. The average Bonchev–Trinajstić information content (AvgIpc) is 0.814. The Kier molecular flexibility index (Phi) is 41.6. The van der Waals surface area contributed by atoms with Crippen LogP contribution in [0.1, 0.15) is 185 Å². The summed E-state index contributed by atoms with van der Waals surface area (Å²) < 4.78 is 46.0. The maximum absolute atomic E-state index is 15.5. The molecule has 0 bridgehead atoms. The number of urea groups is 1. The van der Waals surface area contributed by atoms with E-state index >= 15 is 19.2 Å². The highest BCUT2D eigenvalue weighted by Gasteiger charge is 2.46. The van der Waals surface area contributed by atoms with Crippen molar-refractivity contribution in [1.29, 1.82) is 0 Å². The van der Waals surface area contributed by atoms with Gasteiger partial charge in [-0.1, -0.05) is 109 Å². The first-order valence-corrected chi connectivity index (χ1v) is 42.3. The number of ketones is 1. The van der Waals surface area contributed by atoms with E-state index in [1.165, 1.54) is 136 Å². The molecule has 2 aromatic carbocycles. The first-order chi connectivity index (χ1) is 56.8. The van der Waals surface area contributed by atoms with Crippen LogP contribution >= 0.6 is 11.6 Å². The second-order valence-electron chi connectivity index (χ2n) is 34.4. The summed E-state index contributed by atoms with van der Waals surface area (Å²) in [4.78, 5) is 200. The van der Waals surface area contributed by atoms with Gasteiger partial charge in [0.05, 0.1) is 35.3 Å². The van der Waals surface area contributed by atoms with Gasteiger partial charge in [-0.3, -0.25) is 67.8 Å². The van der Waals surface area contributed by atoms with Crippen molar-refractivity contribution in [2.75, 3.05) is 86.1 Å². The number of halogens is 4. The third-order valence-electron chi connectivity index (χ3n) is 21.6. The number of hydrogen-bond acceptors (Lipinski definition) is 19. The van der Waals surface area contributed by atoms with Gasteiger partial charge in [0.2, 0.25) is 65.0 Å². The zero-order chi connectivity index (χ0) is 92.4. The number of aliphatic hydroxyl groups is 2. The van der Waals surface area contributed by atoms with Gasteiger partial charge >= 0.3 is 12.2 Å². The molecule has 1 aromatic heterocycles. The molecule has 0 aliphatic carbocycles. The highest BCUT2D eigenvalue weighted by atomic mass is 35.5. The summed E-state index contributed by atoms with van der Waals surface area (Å²) in [6, 6.07) is -1.65. The van der Waals surface area contributed by atoms with Crippen LogP contribution in [0.15, 0.2) is 60.8 Å². The van der Waals surface area contributed by atoms with Gasteiger partial charge in [0.15, 0.2) is 5.78 Å². The van der Waals surface area contributed by atoms with Crippen LogP contribution in [0.2, 0.25) is 5.02 Å². The van der Waals surface area contributed by atoms with Crippen LogP contribution in [-0.2, 0) is 58.9 Å². The smallest absolute Gasteiger partial charge is 0.417 e. The number of carbonyl (C=O) groups excluding carboxylic acids is 13. The molecule has 122 heavy (non-hydrogen) atoms. The molecule has 32 nitrogen and oxygen atoms in total. The fourth-order valence-electron chi connectivity index (χ4n) is 14.4. The van der Waals surface area contributed by atoms with Gasteiger partial charge in [0, 0.05) is 105 Å². The minimum absolute atomic E-state index is 0.0168. The van der Waals surface area contributed by atoms with Crippen molar-refractivity contribution in [2.45, 2.75) is 247 Å². The van der Waals surface area contributed by atoms with Crippen molar-refractivity contribution in [3.63, 3.8) is 0 Å². The van der Waals surface area contributed by atoms with Crippen LogP contribution in [0.4, 0.5) is 29.3 Å². The molecule has 2 heterocycles. The molecular weight excluding hydrogens is 1610 g/mol. The fraction of sp³-hybridized carbons (Fsp3) is 0.651. The average molecular weight is 1740 g/mol. The Hall–Kier alpha value is -9.58. The molecule has 36 heteroatoms. The lowest BCUT2D eigenvalue weighted by molar-refractivity contribution is -0.157. The highest BCUT2D eigenvalue weighted by molar-refractivity contribution is 6.31. The molecule has 13 atom stereocenters. The van der Waals surface area contributed by atoms with E-state index in [1.54, 1.807) is 41.5 Å². The van der Waals surface area contributed by atoms with Crippen molar-refractivity contribution < 1.29 is 90.5 Å². The minimum atomic E-state index is -4.73. The second kappa shape index (κ2) is 48.5. The predicted octanol–water partition coefficient (Wildman–Crippen LogP) is 7.75. The lowest BCUT2D eigenvalue weighted by Crippen LogP contribution is -2.63. The Morgan fingerprint density at radius 3 is 1.66 bits per heavy atom. The second-order valence-corrected chi connectivity index (χ2v) is 34.8. The predicted molar refractivity (Wildman–Crippen MR) is 459 cm³/mol. The van der Waals surface area contributed by atoms with Gasteiger partial charge in [-0.05, 0) is 149 Å². The molecule has 0 radical (unpaired) electrons. The molecular formula is C86H134ClF3N16O16. The maximum Gasteiger partial charge on any atom is 0.417 e. The van der Waals surface area contributed by atoms with Crippen molar-refractivity contribution >= 4 is 99.8 Å². The summed E-state index contributed by atoms with van der Waals surface area (Å²) in [6.07, 6.45) is -5.88. The van der Waals surface area contributed by atoms with Gasteiger partial charge in [-0.2, -0.15) is 13.2 Å². The number of benzene rings is 2. The van der Waals surface area contributed by atoms with Crippen molar-refractivity contribution in [1.82, 2.24) is 71.2 Å². The summed E-state index contributed by atoms with van der Waals surface area (Å²) in [5.74, 6) is -10.1. The van der Waals surface area contributed by atoms with Gasteiger partial charge in [-0.15, -0.1) is 0 Å². The number of anilines is 2. The summed E-state index contributed by atoms with van der Waals surface area (Å²) in [7, 11) is 9.76. The van der Waals surface area contributed by atoms with Gasteiger partial charge < -0.3 is 86.5 Å². The van der Waals surface area contributed by atoms with Crippen LogP contribution in [0.5, 0.6) is 11.5 Å². The third kappa shape index (κ3) is 31.0. The van der Waals surface area contributed by atoms with Crippen LogP contribution < -0.4 is 47.3 Å². The molecule has 0 saturated carbocycles. The number of hydrogen-bond donors (Lipinski definition) is 10. The van der Waals surface area contributed by atoms with E-state index in [1.807, 2.05) is 55.4 Å². The first-order valence-electron chi connectivity index (χ1n) is 41.9. The molecule has 13 amide bonds. The van der Waals surface area contributed by atoms with Gasteiger partial charge in [-0.25, -0.2) is 4.79 Å². The standard InChI is InChI=1S/C86H134ClF3N16O16/c1-24-62-80(116)100(17)46-70(109)101(18)64(40-47(2)3)77(113)99-71(51(10)11)83(119)102(19)65(41-48(4)5)76(112)94-54(15)75(111)95-55(16)79(115)103(20)66(42-49(6)7)81(117)104(21)67(43-50(8)9)82(118)105(22)72(52(12)13)84(120)106(23)73(78(114)98-62)74(110)53(14)26-25-27-69(108)93-39-38-91-36-35-68(107)63-45-59(34-37-92-63)122-58-31-28-56(29-32-58)96-85(121)97-57-30-33-61(87)60(44-57)86(88,89)90/h28-34,37,44-45,47-55,62,64-67,71-74,77,91,99,110,113H,24-27,35-36,38-43,46H2,1-23H3,(H,93,108)(H,94,112)(H,95,111)(H,98,114)(H2,96,97,121)/t53-,54+,55-,62+,64+,65+,66+,67+,71+,72+,73+,74-,77?/m1/s1.